The van der Waals surface area contributed by atoms with Gasteiger partial charge in [0.25, 0.3) is 10.0 Å². The maximum atomic E-state index is 12.1. The first kappa shape index (κ1) is 15.8. The number of thiazole rings is 1. The second kappa shape index (κ2) is 6.75. The maximum Gasteiger partial charge on any atom is 0.355 e. The number of carbonyl (C=O) groups excluding carboxylic acids is 1. The fourth-order valence-electron chi connectivity index (χ4n) is 1.15. The van der Waals surface area contributed by atoms with Crippen LogP contribution in [-0.2, 0) is 26.0 Å². The Hall–Kier alpha value is -1.29. The number of alkyl halides is 2. The lowest BCUT2D eigenvalue weighted by Gasteiger charge is -2.02. The number of halogens is 2. The molecular weight excluding hydrogens is 302 g/mol. The predicted octanol–water partition coefficient (Wildman–Crippen LogP) is 1.60. The van der Waals surface area contributed by atoms with Crippen LogP contribution in [0.3, 0.4) is 0 Å². The fourth-order valence-corrected chi connectivity index (χ4v) is 2.66. The van der Waals surface area contributed by atoms with E-state index in [1.807, 2.05) is 0 Å². The highest BCUT2D eigenvalue weighted by molar-refractivity contribution is 7.93. The molecule has 0 bridgehead atoms. The molecule has 0 aromatic carbocycles. The van der Waals surface area contributed by atoms with Gasteiger partial charge in [0.2, 0.25) is 0 Å². The molecule has 1 N–H and O–H groups in total. The van der Waals surface area contributed by atoms with Crippen molar-refractivity contribution in [2.45, 2.75) is 25.0 Å². The number of aryl methyl sites for hydroxylation is 1. The van der Waals surface area contributed by atoms with E-state index >= 15 is 0 Å². The number of hydrogen-bond acceptors (Lipinski definition) is 6. The molecule has 0 atom stereocenters. The molecule has 0 unspecified atom stereocenters. The van der Waals surface area contributed by atoms with Gasteiger partial charge in [0.05, 0.1) is 12.8 Å². The quantitative estimate of drug-likeness (QED) is 0.773. The number of nitrogens with zero attached hydrogens (tertiary/aromatic N) is 1. The van der Waals surface area contributed by atoms with Gasteiger partial charge in [0.15, 0.2) is 5.13 Å². The third-order valence-electron chi connectivity index (χ3n) is 2.06. The standard InChI is InChI=1S/C9H12F2N2O4S2/c1-17-7(14)4-2-3-6-5-18-9(12-6)13-19(15,16)8(10)11/h5,8H,2-4H2,1H3,(H,12,13). The number of rotatable bonds is 7. The lowest BCUT2D eigenvalue weighted by molar-refractivity contribution is -0.140. The summed E-state index contributed by atoms with van der Waals surface area (Å²) in [5.41, 5.74) is 0.529. The number of esters is 1. The summed E-state index contributed by atoms with van der Waals surface area (Å²) in [5.74, 6) is -3.85. The zero-order chi connectivity index (χ0) is 14.5. The fraction of sp³-hybridized carbons (Fsp3) is 0.556. The van der Waals surface area contributed by atoms with Crippen LogP contribution in [0.25, 0.3) is 0 Å². The molecule has 1 heterocycles. The minimum atomic E-state index is -4.69. The van der Waals surface area contributed by atoms with Crippen molar-refractivity contribution < 1.29 is 26.7 Å². The molecule has 0 radical (unpaired) electrons. The summed E-state index contributed by atoms with van der Waals surface area (Å²) in [7, 11) is -3.41. The number of carbonyl (C=O) groups is 1. The van der Waals surface area contributed by atoms with Gasteiger partial charge in [-0.25, -0.2) is 13.4 Å². The van der Waals surface area contributed by atoms with Crippen LogP contribution in [0.1, 0.15) is 18.5 Å². The van der Waals surface area contributed by atoms with E-state index in [-0.39, 0.29) is 17.5 Å². The van der Waals surface area contributed by atoms with Gasteiger partial charge in [-0.15, -0.1) is 11.3 Å². The molecule has 1 aromatic rings. The Kier molecular flexibility index (Phi) is 5.60. The summed E-state index contributed by atoms with van der Waals surface area (Å²) >= 11 is 0.908. The molecule has 1 rings (SSSR count). The molecule has 1 aromatic heterocycles. The van der Waals surface area contributed by atoms with Crippen molar-refractivity contribution in [1.29, 1.82) is 0 Å². The van der Waals surface area contributed by atoms with Crippen LogP contribution in [0.5, 0.6) is 0 Å². The zero-order valence-electron chi connectivity index (χ0n) is 9.93. The van der Waals surface area contributed by atoms with Gasteiger partial charge in [-0.1, -0.05) is 0 Å². The van der Waals surface area contributed by atoms with Crippen molar-refractivity contribution in [2.24, 2.45) is 0 Å². The summed E-state index contributed by atoms with van der Waals surface area (Å²) in [5, 5.41) is 1.43. The highest BCUT2D eigenvalue weighted by Gasteiger charge is 2.24. The topological polar surface area (TPSA) is 85.4 Å². The molecule has 0 amide bonds. The van der Waals surface area contributed by atoms with Crippen molar-refractivity contribution in [1.82, 2.24) is 4.98 Å². The van der Waals surface area contributed by atoms with Gasteiger partial charge in [0, 0.05) is 11.8 Å². The molecule has 108 valence electrons. The SMILES string of the molecule is COC(=O)CCCc1csc(NS(=O)(=O)C(F)F)n1. The van der Waals surface area contributed by atoms with Crippen LogP contribution in [0.4, 0.5) is 13.9 Å². The Bertz CT molecular complexity index is 530. The first-order valence-corrected chi connectivity index (χ1v) is 7.58. The van der Waals surface area contributed by atoms with E-state index in [4.69, 9.17) is 0 Å². The monoisotopic (exact) mass is 314 g/mol. The van der Waals surface area contributed by atoms with E-state index in [1.54, 1.807) is 10.1 Å². The molecular formula is C9H12F2N2O4S2. The largest absolute Gasteiger partial charge is 0.469 e. The lowest BCUT2D eigenvalue weighted by Crippen LogP contribution is -2.20. The van der Waals surface area contributed by atoms with Gasteiger partial charge in [-0.05, 0) is 12.8 Å². The highest BCUT2D eigenvalue weighted by Crippen LogP contribution is 2.20. The molecule has 0 aliphatic heterocycles. The van der Waals surface area contributed by atoms with Crippen molar-refractivity contribution in [3.05, 3.63) is 11.1 Å². The highest BCUT2D eigenvalue weighted by atomic mass is 32.2. The van der Waals surface area contributed by atoms with Crippen molar-refractivity contribution in [3.63, 3.8) is 0 Å². The van der Waals surface area contributed by atoms with Crippen molar-refractivity contribution in [3.8, 4) is 0 Å². The summed E-state index contributed by atoms with van der Waals surface area (Å²) in [6, 6.07) is 0. The van der Waals surface area contributed by atoms with E-state index in [0.717, 1.165) is 11.3 Å². The number of aromatic nitrogens is 1. The number of sulfonamides is 1. The first-order chi connectivity index (χ1) is 8.85. The smallest absolute Gasteiger partial charge is 0.355 e. The van der Waals surface area contributed by atoms with Gasteiger partial charge in [0.1, 0.15) is 0 Å². The van der Waals surface area contributed by atoms with E-state index in [9.17, 15) is 22.0 Å². The van der Waals surface area contributed by atoms with E-state index in [1.165, 1.54) is 7.11 Å². The lowest BCUT2D eigenvalue weighted by atomic mass is 10.2. The summed E-state index contributed by atoms with van der Waals surface area (Å²) in [4.78, 5) is 14.7. The Morgan fingerprint density at radius 1 is 1.58 bits per heavy atom. The van der Waals surface area contributed by atoms with Crippen molar-refractivity contribution >= 4 is 32.5 Å². The Labute approximate surface area is 112 Å². The third-order valence-corrected chi connectivity index (χ3v) is 3.94. The number of nitrogens with one attached hydrogen (secondary N) is 1. The Balaban J connectivity index is 2.51. The van der Waals surface area contributed by atoms with Crippen LogP contribution in [0, 0.1) is 0 Å². The first-order valence-electron chi connectivity index (χ1n) is 5.16. The van der Waals surface area contributed by atoms with Crippen LogP contribution in [0.2, 0.25) is 0 Å². The minimum Gasteiger partial charge on any atom is -0.469 e. The Morgan fingerprint density at radius 3 is 2.84 bits per heavy atom. The molecule has 0 aliphatic carbocycles. The normalized spacial score (nSPS) is 11.6. The average Bonchev–Trinajstić information content (AvgIpc) is 2.75. The molecule has 0 saturated heterocycles. The second-order valence-electron chi connectivity index (χ2n) is 3.48. The molecule has 6 nitrogen and oxygen atoms in total. The minimum absolute atomic E-state index is 0.117. The van der Waals surface area contributed by atoms with Gasteiger partial charge in [-0.3, -0.25) is 9.52 Å². The van der Waals surface area contributed by atoms with E-state index in [0.29, 0.717) is 18.5 Å². The summed E-state index contributed by atoms with van der Waals surface area (Å²) in [6.45, 7) is 0. The molecule has 0 fully saturated rings. The van der Waals surface area contributed by atoms with Crippen LogP contribution < -0.4 is 4.72 Å². The van der Waals surface area contributed by atoms with Gasteiger partial charge >= 0.3 is 11.7 Å². The number of ether oxygens (including phenoxy) is 1. The Morgan fingerprint density at radius 2 is 2.26 bits per heavy atom. The zero-order valence-corrected chi connectivity index (χ0v) is 11.6. The van der Waals surface area contributed by atoms with Crippen LogP contribution in [-0.4, -0.2) is 32.2 Å². The molecule has 0 aliphatic rings. The number of hydrogen-bond donors (Lipinski definition) is 1. The molecule has 0 saturated carbocycles. The number of methoxy groups -OCH3 is 1. The predicted molar refractivity (Wildman–Crippen MR) is 65.6 cm³/mol. The van der Waals surface area contributed by atoms with Crippen LogP contribution >= 0.6 is 11.3 Å². The van der Waals surface area contributed by atoms with Gasteiger partial charge in [-0.2, -0.15) is 8.78 Å². The van der Waals surface area contributed by atoms with E-state index in [2.05, 4.69) is 9.72 Å². The van der Waals surface area contributed by atoms with Crippen molar-refractivity contribution in [2.75, 3.05) is 11.8 Å². The summed E-state index contributed by atoms with van der Waals surface area (Å²) in [6.07, 6.45) is 1.13. The molecule has 0 spiro atoms. The van der Waals surface area contributed by atoms with E-state index < -0.39 is 15.8 Å². The van der Waals surface area contributed by atoms with Crippen LogP contribution in [0.15, 0.2) is 5.38 Å². The maximum absolute atomic E-state index is 12.1. The summed E-state index contributed by atoms with van der Waals surface area (Å²) < 4.78 is 52.2. The average molecular weight is 314 g/mol. The van der Waals surface area contributed by atoms with Gasteiger partial charge < -0.3 is 4.74 Å². The third kappa shape index (κ3) is 5.07. The number of anilines is 1. The molecule has 10 heteroatoms. The second-order valence-corrected chi connectivity index (χ2v) is 5.99. The molecule has 19 heavy (non-hydrogen) atoms.